The summed E-state index contributed by atoms with van der Waals surface area (Å²) in [6.45, 7) is 6.27. The van der Waals surface area contributed by atoms with Crippen molar-refractivity contribution in [2.75, 3.05) is 32.8 Å². The molecule has 0 saturated carbocycles. The minimum absolute atomic E-state index is 0.248. The fourth-order valence-corrected chi connectivity index (χ4v) is 2.38. The van der Waals surface area contributed by atoms with Crippen LogP contribution in [0.4, 0.5) is 0 Å². The Morgan fingerprint density at radius 2 is 1.75 bits per heavy atom. The van der Waals surface area contributed by atoms with Crippen LogP contribution in [0, 0.1) is 17.2 Å². The van der Waals surface area contributed by atoms with Gasteiger partial charge in [0.25, 0.3) is 0 Å². The van der Waals surface area contributed by atoms with Crippen LogP contribution in [0.1, 0.15) is 19.8 Å². The van der Waals surface area contributed by atoms with Crippen molar-refractivity contribution in [1.29, 1.82) is 5.26 Å². The minimum Gasteiger partial charge on any atom is -0.494 e. The summed E-state index contributed by atoms with van der Waals surface area (Å²) in [5.41, 5.74) is 0. The topological polar surface area (TPSA) is 45.5 Å². The van der Waals surface area contributed by atoms with Gasteiger partial charge < -0.3 is 9.47 Å². The number of ether oxygens (including phenoxy) is 2. The molecular weight excluding hydrogens is 252 g/mol. The van der Waals surface area contributed by atoms with Crippen molar-refractivity contribution in [2.24, 2.45) is 5.92 Å². The Bertz CT molecular complexity index is 431. The molecule has 1 fully saturated rings. The van der Waals surface area contributed by atoms with Gasteiger partial charge in [-0.05, 0) is 57.1 Å². The van der Waals surface area contributed by atoms with Crippen molar-refractivity contribution in [1.82, 2.24) is 4.90 Å². The Balaban J connectivity index is 1.67. The summed E-state index contributed by atoms with van der Waals surface area (Å²) >= 11 is 0. The number of likely N-dealkylation sites (tertiary alicyclic amines) is 1. The highest BCUT2D eigenvalue weighted by atomic mass is 16.5. The lowest BCUT2D eigenvalue weighted by Crippen LogP contribution is -2.36. The Morgan fingerprint density at radius 1 is 1.15 bits per heavy atom. The standard InChI is InChI=1S/C16H22N2O2/c1-2-19-15-3-5-16(6-4-15)20-12-11-18-9-7-14(13-17)8-10-18/h3-6,14H,2,7-12H2,1H3. The summed E-state index contributed by atoms with van der Waals surface area (Å²) < 4.78 is 11.1. The molecule has 0 aromatic heterocycles. The van der Waals surface area contributed by atoms with Gasteiger partial charge in [-0.2, -0.15) is 5.26 Å². The molecule has 0 spiro atoms. The van der Waals surface area contributed by atoms with Crippen LogP contribution in [-0.2, 0) is 0 Å². The van der Waals surface area contributed by atoms with Crippen molar-refractivity contribution >= 4 is 0 Å². The zero-order chi connectivity index (χ0) is 14.2. The zero-order valence-corrected chi connectivity index (χ0v) is 12.0. The lowest BCUT2D eigenvalue weighted by atomic mass is 9.99. The van der Waals surface area contributed by atoms with Crippen molar-refractivity contribution in [3.8, 4) is 17.6 Å². The van der Waals surface area contributed by atoms with E-state index in [2.05, 4.69) is 11.0 Å². The van der Waals surface area contributed by atoms with Crippen molar-refractivity contribution in [3.63, 3.8) is 0 Å². The van der Waals surface area contributed by atoms with E-state index in [1.165, 1.54) is 0 Å². The molecule has 2 rings (SSSR count). The van der Waals surface area contributed by atoms with Crippen molar-refractivity contribution in [2.45, 2.75) is 19.8 Å². The van der Waals surface area contributed by atoms with E-state index in [0.29, 0.717) is 13.2 Å². The fraction of sp³-hybridized carbons (Fsp3) is 0.562. The predicted molar refractivity (Wildman–Crippen MR) is 77.9 cm³/mol. The van der Waals surface area contributed by atoms with E-state index in [0.717, 1.165) is 44.0 Å². The first-order chi connectivity index (χ1) is 9.81. The summed E-state index contributed by atoms with van der Waals surface area (Å²) in [5, 5.41) is 8.86. The molecule has 0 unspecified atom stereocenters. The van der Waals surface area contributed by atoms with E-state index in [1.54, 1.807) is 0 Å². The third-order valence-electron chi connectivity index (χ3n) is 3.58. The summed E-state index contributed by atoms with van der Waals surface area (Å²) in [7, 11) is 0. The monoisotopic (exact) mass is 274 g/mol. The van der Waals surface area contributed by atoms with Crippen LogP contribution in [0.2, 0.25) is 0 Å². The fourth-order valence-electron chi connectivity index (χ4n) is 2.38. The Morgan fingerprint density at radius 3 is 2.30 bits per heavy atom. The van der Waals surface area contributed by atoms with E-state index in [1.807, 2.05) is 31.2 Å². The van der Waals surface area contributed by atoms with Crippen LogP contribution in [0.5, 0.6) is 11.5 Å². The predicted octanol–water partition coefficient (Wildman–Crippen LogP) is 2.70. The molecule has 1 aliphatic rings. The molecule has 0 bridgehead atoms. The molecule has 4 heteroatoms. The third-order valence-corrected chi connectivity index (χ3v) is 3.58. The molecule has 1 saturated heterocycles. The summed E-state index contributed by atoms with van der Waals surface area (Å²) in [5.74, 6) is 2.00. The van der Waals surface area contributed by atoms with Gasteiger partial charge in [-0.1, -0.05) is 0 Å². The zero-order valence-electron chi connectivity index (χ0n) is 12.0. The average molecular weight is 274 g/mol. The maximum Gasteiger partial charge on any atom is 0.119 e. The highest BCUT2D eigenvalue weighted by Crippen LogP contribution is 2.18. The van der Waals surface area contributed by atoms with Crippen LogP contribution in [0.3, 0.4) is 0 Å². The first kappa shape index (κ1) is 14.7. The number of piperidine rings is 1. The second-order valence-corrected chi connectivity index (χ2v) is 5.00. The number of nitrogens with zero attached hydrogens (tertiary/aromatic N) is 2. The molecule has 1 aromatic carbocycles. The van der Waals surface area contributed by atoms with Crippen LogP contribution < -0.4 is 9.47 Å². The number of hydrogen-bond donors (Lipinski definition) is 0. The van der Waals surface area contributed by atoms with Gasteiger partial charge in [0.2, 0.25) is 0 Å². The normalized spacial score (nSPS) is 16.6. The lowest BCUT2D eigenvalue weighted by molar-refractivity contribution is 0.169. The van der Waals surface area contributed by atoms with E-state index < -0.39 is 0 Å². The van der Waals surface area contributed by atoms with Crippen LogP contribution >= 0.6 is 0 Å². The smallest absolute Gasteiger partial charge is 0.119 e. The molecule has 1 aromatic rings. The van der Waals surface area contributed by atoms with Crippen LogP contribution in [0.25, 0.3) is 0 Å². The molecule has 0 amide bonds. The quantitative estimate of drug-likeness (QED) is 0.800. The van der Waals surface area contributed by atoms with Gasteiger partial charge >= 0.3 is 0 Å². The molecule has 20 heavy (non-hydrogen) atoms. The first-order valence-electron chi connectivity index (χ1n) is 7.29. The van der Waals surface area contributed by atoms with Gasteiger partial charge in [0.1, 0.15) is 18.1 Å². The highest BCUT2D eigenvalue weighted by Gasteiger charge is 2.18. The molecule has 4 nitrogen and oxygen atoms in total. The largest absolute Gasteiger partial charge is 0.494 e. The summed E-state index contributed by atoms with van der Waals surface area (Å²) in [6, 6.07) is 10.1. The summed E-state index contributed by atoms with van der Waals surface area (Å²) in [4.78, 5) is 2.36. The highest BCUT2D eigenvalue weighted by molar-refractivity contribution is 5.31. The average Bonchev–Trinajstić information content (AvgIpc) is 2.50. The van der Waals surface area contributed by atoms with Gasteiger partial charge in [-0.25, -0.2) is 0 Å². The van der Waals surface area contributed by atoms with Crippen LogP contribution in [-0.4, -0.2) is 37.7 Å². The van der Waals surface area contributed by atoms with Crippen molar-refractivity contribution in [3.05, 3.63) is 24.3 Å². The minimum atomic E-state index is 0.248. The van der Waals surface area contributed by atoms with E-state index in [4.69, 9.17) is 14.7 Å². The second-order valence-electron chi connectivity index (χ2n) is 5.00. The number of rotatable bonds is 6. The Kier molecular flexibility index (Phi) is 5.69. The molecule has 0 N–H and O–H groups in total. The number of nitriles is 1. The molecule has 108 valence electrons. The van der Waals surface area contributed by atoms with Gasteiger partial charge in [0, 0.05) is 12.5 Å². The van der Waals surface area contributed by atoms with Gasteiger partial charge in [0.15, 0.2) is 0 Å². The molecule has 0 aliphatic carbocycles. The molecular formula is C16H22N2O2. The second kappa shape index (κ2) is 7.76. The van der Waals surface area contributed by atoms with Gasteiger partial charge in [0.05, 0.1) is 12.7 Å². The number of benzene rings is 1. The number of hydrogen-bond acceptors (Lipinski definition) is 4. The van der Waals surface area contributed by atoms with E-state index in [-0.39, 0.29) is 5.92 Å². The molecule has 0 radical (unpaired) electrons. The maximum atomic E-state index is 8.86. The van der Waals surface area contributed by atoms with E-state index >= 15 is 0 Å². The first-order valence-corrected chi connectivity index (χ1v) is 7.29. The maximum absolute atomic E-state index is 8.86. The van der Waals surface area contributed by atoms with E-state index in [9.17, 15) is 0 Å². The van der Waals surface area contributed by atoms with Gasteiger partial charge in [-0.15, -0.1) is 0 Å². The van der Waals surface area contributed by atoms with Crippen LogP contribution in [0.15, 0.2) is 24.3 Å². The SMILES string of the molecule is CCOc1ccc(OCCN2CCC(C#N)CC2)cc1. The van der Waals surface area contributed by atoms with Gasteiger partial charge in [-0.3, -0.25) is 4.90 Å². The molecule has 1 aliphatic heterocycles. The Labute approximate surface area is 120 Å². The molecule has 1 heterocycles. The summed E-state index contributed by atoms with van der Waals surface area (Å²) in [6.07, 6.45) is 1.97. The third kappa shape index (κ3) is 4.43. The van der Waals surface area contributed by atoms with Crippen molar-refractivity contribution < 1.29 is 9.47 Å². The molecule has 0 atom stereocenters. The lowest BCUT2D eigenvalue weighted by Gasteiger charge is -2.28. The Hall–Kier alpha value is -1.73.